The topological polar surface area (TPSA) is 99.0 Å². The number of epoxide rings is 1. The Morgan fingerprint density at radius 3 is 2.65 bits per heavy atom. The van der Waals surface area contributed by atoms with Gasteiger partial charge in [0.25, 0.3) is 5.69 Å². The summed E-state index contributed by atoms with van der Waals surface area (Å²) >= 11 is 0. The van der Waals surface area contributed by atoms with E-state index in [2.05, 4.69) is 0 Å². The molecule has 2 aromatic carbocycles. The Morgan fingerprint density at radius 2 is 1.96 bits per heavy atom. The molecule has 120 valence electrons. The summed E-state index contributed by atoms with van der Waals surface area (Å²) in [5.41, 5.74) is -0.282. The highest BCUT2D eigenvalue weighted by atomic mass is 32.2. The van der Waals surface area contributed by atoms with E-state index in [-0.39, 0.29) is 33.9 Å². The van der Waals surface area contributed by atoms with Crippen molar-refractivity contribution >= 4 is 15.5 Å². The number of benzene rings is 2. The summed E-state index contributed by atoms with van der Waals surface area (Å²) in [5.74, 6) is 0.203. The Kier molecular flexibility index (Phi) is 4.01. The monoisotopic (exact) mass is 335 g/mol. The van der Waals surface area contributed by atoms with Gasteiger partial charge in [-0.25, -0.2) is 8.42 Å². The predicted molar refractivity (Wildman–Crippen MR) is 80.2 cm³/mol. The van der Waals surface area contributed by atoms with E-state index < -0.39 is 14.8 Å². The lowest BCUT2D eigenvalue weighted by Gasteiger charge is -2.11. The predicted octanol–water partition coefficient (Wildman–Crippen LogP) is 2.21. The number of non-ortho nitro benzene ring substituents is 1. The Bertz CT molecular complexity index is 845. The highest BCUT2D eigenvalue weighted by molar-refractivity contribution is 7.91. The third kappa shape index (κ3) is 3.33. The molecule has 1 unspecified atom stereocenters. The molecule has 0 saturated carbocycles. The quantitative estimate of drug-likeness (QED) is 0.456. The van der Waals surface area contributed by atoms with Crippen molar-refractivity contribution in [3.8, 4) is 5.75 Å². The molecule has 1 aliphatic heterocycles. The van der Waals surface area contributed by atoms with Crippen LogP contribution < -0.4 is 4.74 Å². The van der Waals surface area contributed by atoms with Crippen LogP contribution in [0.3, 0.4) is 0 Å². The number of hydrogen-bond donors (Lipinski definition) is 0. The molecule has 0 amide bonds. The van der Waals surface area contributed by atoms with Gasteiger partial charge in [-0.3, -0.25) is 10.1 Å². The second-order valence-corrected chi connectivity index (χ2v) is 6.89. The van der Waals surface area contributed by atoms with Crippen LogP contribution in [0.25, 0.3) is 0 Å². The van der Waals surface area contributed by atoms with Gasteiger partial charge in [0.2, 0.25) is 9.84 Å². The van der Waals surface area contributed by atoms with E-state index in [0.29, 0.717) is 6.61 Å². The molecular weight excluding hydrogens is 322 g/mol. The maximum absolute atomic E-state index is 12.8. The number of sulfone groups is 1. The summed E-state index contributed by atoms with van der Waals surface area (Å²) in [5, 5.41) is 10.8. The van der Waals surface area contributed by atoms with Crippen molar-refractivity contribution < 1.29 is 22.8 Å². The average molecular weight is 335 g/mol. The van der Waals surface area contributed by atoms with Crippen molar-refractivity contribution in [2.75, 3.05) is 13.2 Å². The average Bonchev–Trinajstić information content (AvgIpc) is 3.37. The first-order chi connectivity index (χ1) is 11.0. The normalized spacial score (nSPS) is 16.8. The van der Waals surface area contributed by atoms with Crippen molar-refractivity contribution in [1.82, 2.24) is 0 Å². The van der Waals surface area contributed by atoms with Crippen LogP contribution in [0.2, 0.25) is 0 Å². The number of hydrogen-bond acceptors (Lipinski definition) is 6. The maximum Gasteiger partial charge on any atom is 0.270 e. The first-order valence-corrected chi connectivity index (χ1v) is 8.30. The number of nitro groups is 1. The van der Waals surface area contributed by atoms with Gasteiger partial charge in [0.05, 0.1) is 16.4 Å². The molecule has 0 N–H and O–H groups in total. The fourth-order valence-corrected chi connectivity index (χ4v) is 3.47. The minimum absolute atomic E-state index is 0.0106. The summed E-state index contributed by atoms with van der Waals surface area (Å²) in [6.45, 7) is 0.862. The highest BCUT2D eigenvalue weighted by Crippen LogP contribution is 2.31. The second-order valence-electron chi connectivity index (χ2n) is 4.97. The molecule has 1 aliphatic rings. The van der Waals surface area contributed by atoms with E-state index in [9.17, 15) is 18.5 Å². The third-order valence-electron chi connectivity index (χ3n) is 3.30. The van der Waals surface area contributed by atoms with Crippen LogP contribution in [-0.4, -0.2) is 32.7 Å². The largest absolute Gasteiger partial charge is 0.489 e. The Hall–Kier alpha value is -2.45. The molecule has 0 bridgehead atoms. The SMILES string of the molecule is O=[N+]([O-])c1cccc(S(=O)(=O)c2ccccc2OCC2CO2)c1. The number of nitro benzene ring substituents is 1. The molecule has 1 fully saturated rings. The minimum atomic E-state index is -3.92. The van der Waals surface area contributed by atoms with Gasteiger partial charge in [-0.05, 0) is 18.2 Å². The van der Waals surface area contributed by atoms with Gasteiger partial charge < -0.3 is 9.47 Å². The van der Waals surface area contributed by atoms with Gasteiger partial charge in [0, 0.05) is 12.1 Å². The number of rotatable bonds is 6. The van der Waals surface area contributed by atoms with Crippen LogP contribution in [0.4, 0.5) is 5.69 Å². The van der Waals surface area contributed by atoms with Crippen LogP contribution in [0.5, 0.6) is 5.75 Å². The molecule has 0 radical (unpaired) electrons. The minimum Gasteiger partial charge on any atom is -0.489 e. The van der Waals surface area contributed by atoms with E-state index >= 15 is 0 Å². The summed E-state index contributed by atoms with van der Waals surface area (Å²) in [4.78, 5) is 10.0. The third-order valence-corrected chi connectivity index (χ3v) is 5.10. The van der Waals surface area contributed by atoms with E-state index in [0.717, 1.165) is 6.07 Å². The molecular formula is C15H13NO6S. The van der Waals surface area contributed by atoms with E-state index in [1.165, 1.54) is 24.3 Å². The van der Waals surface area contributed by atoms with Gasteiger partial charge in [-0.1, -0.05) is 18.2 Å². The Labute approximate surface area is 132 Å². The first kappa shape index (κ1) is 15.4. The molecule has 3 rings (SSSR count). The molecule has 8 heteroatoms. The van der Waals surface area contributed by atoms with E-state index in [1.807, 2.05) is 0 Å². The molecule has 2 aromatic rings. The van der Waals surface area contributed by atoms with Crippen LogP contribution >= 0.6 is 0 Å². The lowest BCUT2D eigenvalue weighted by Crippen LogP contribution is -2.09. The Balaban J connectivity index is 1.99. The fraction of sp³-hybridized carbons (Fsp3) is 0.200. The first-order valence-electron chi connectivity index (χ1n) is 6.81. The van der Waals surface area contributed by atoms with Crippen molar-refractivity contribution in [3.05, 3.63) is 58.6 Å². The van der Waals surface area contributed by atoms with E-state index in [1.54, 1.807) is 18.2 Å². The second kappa shape index (κ2) is 5.98. The van der Waals surface area contributed by atoms with Crippen LogP contribution in [-0.2, 0) is 14.6 Å². The molecule has 1 saturated heterocycles. The smallest absolute Gasteiger partial charge is 0.270 e. The zero-order valence-corrected chi connectivity index (χ0v) is 12.7. The van der Waals surface area contributed by atoms with Crippen LogP contribution in [0, 0.1) is 10.1 Å². The lowest BCUT2D eigenvalue weighted by molar-refractivity contribution is -0.385. The van der Waals surface area contributed by atoms with Gasteiger partial charge in [0.1, 0.15) is 23.4 Å². The van der Waals surface area contributed by atoms with Crippen molar-refractivity contribution in [3.63, 3.8) is 0 Å². The molecule has 1 heterocycles. The summed E-state index contributed by atoms with van der Waals surface area (Å²) in [6, 6.07) is 11.1. The summed E-state index contributed by atoms with van der Waals surface area (Å²) in [6.07, 6.45) is -0.0106. The van der Waals surface area contributed by atoms with Gasteiger partial charge in [-0.15, -0.1) is 0 Å². The lowest BCUT2D eigenvalue weighted by atomic mass is 10.3. The van der Waals surface area contributed by atoms with E-state index in [4.69, 9.17) is 9.47 Å². The highest BCUT2D eigenvalue weighted by Gasteiger charge is 2.27. The fourth-order valence-electron chi connectivity index (χ4n) is 2.03. The van der Waals surface area contributed by atoms with Crippen molar-refractivity contribution in [2.24, 2.45) is 0 Å². The molecule has 1 atom stereocenters. The molecule has 0 aromatic heterocycles. The molecule has 0 spiro atoms. The molecule has 0 aliphatic carbocycles. The van der Waals surface area contributed by atoms with Crippen molar-refractivity contribution in [2.45, 2.75) is 15.9 Å². The summed E-state index contributed by atoms with van der Waals surface area (Å²) < 4.78 is 36.1. The van der Waals surface area contributed by atoms with Crippen LogP contribution in [0.15, 0.2) is 58.3 Å². The number of nitrogens with zero attached hydrogens (tertiary/aromatic N) is 1. The summed E-state index contributed by atoms with van der Waals surface area (Å²) in [7, 11) is -3.92. The van der Waals surface area contributed by atoms with Crippen molar-refractivity contribution in [1.29, 1.82) is 0 Å². The zero-order chi connectivity index (χ0) is 16.4. The zero-order valence-electron chi connectivity index (χ0n) is 11.9. The van der Waals surface area contributed by atoms with Gasteiger partial charge in [0.15, 0.2) is 0 Å². The Morgan fingerprint density at radius 1 is 1.22 bits per heavy atom. The van der Waals surface area contributed by atoms with Gasteiger partial charge in [-0.2, -0.15) is 0 Å². The van der Waals surface area contributed by atoms with Gasteiger partial charge >= 0.3 is 0 Å². The van der Waals surface area contributed by atoms with Crippen LogP contribution in [0.1, 0.15) is 0 Å². The molecule has 7 nitrogen and oxygen atoms in total. The maximum atomic E-state index is 12.8. The standard InChI is InChI=1S/C15H13NO6S/c17-16(18)11-4-3-5-13(8-11)23(19,20)15-7-2-1-6-14(15)22-10-12-9-21-12/h1-8,12H,9-10H2. The number of ether oxygens (including phenoxy) is 2. The number of para-hydroxylation sites is 1. The molecule has 23 heavy (non-hydrogen) atoms.